The lowest BCUT2D eigenvalue weighted by molar-refractivity contribution is -0.160. The molecule has 114 valence electrons. The van der Waals surface area contributed by atoms with E-state index in [1.165, 1.54) is 0 Å². The maximum absolute atomic E-state index is 12.0. The highest BCUT2D eigenvalue weighted by Gasteiger charge is 2.35. The second kappa shape index (κ2) is 7.84. The number of carbonyl (C=O) groups excluding carboxylic acids is 3. The Morgan fingerprint density at radius 1 is 1.15 bits per heavy atom. The molecule has 7 nitrogen and oxygen atoms in total. The van der Waals surface area contributed by atoms with Crippen LogP contribution in [-0.2, 0) is 28.6 Å². The fourth-order valence-corrected chi connectivity index (χ4v) is 1.90. The zero-order valence-corrected chi connectivity index (χ0v) is 12.0. The zero-order valence-electron chi connectivity index (χ0n) is 12.0. The molecule has 0 spiro atoms. The average Bonchev–Trinajstić information content (AvgIpc) is 2.83. The Balaban J connectivity index is 2.65. The van der Waals surface area contributed by atoms with Crippen LogP contribution in [0.25, 0.3) is 0 Å². The standard InChI is InChI=1S/C13H21NO6/c1-4-18-12(16)10(13(17)19-5-2)14-11(15)9-7-6-8(3)20-9/h8-10H,4-7H2,1-3H3,(H,14,15). The molecule has 0 aromatic rings. The summed E-state index contributed by atoms with van der Waals surface area (Å²) in [4.78, 5) is 35.4. The van der Waals surface area contributed by atoms with E-state index in [1.807, 2.05) is 6.92 Å². The number of carbonyl (C=O) groups is 3. The van der Waals surface area contributed by atoms with Gasteiger partial charge in [-0.15, -0.1) is 0 Å². The van der Waals surface area contributed by atoms with Gasteiger partial charge in [0.25, 0.3) is 0 Å². The lowest BCUT2D eigenvalue weighted by atomic mass is 10.2. The second-order valence-electron chi connectivity index (χ2n) is 4.46. The molecule has 20 heavy (non-hydrogen) atoms. The van der Waals surface area contributed by atoms with Gasteiger partial charge >= 0.3 is 11.9 Å². The molecule has 1 rings (SSSR count). The van der Waals surface area contributed by atoms with E-state index in [9.17, 15) is 14.4 Å². The van der Waals surface area contributed by atoms with Crippen LogP contribution in [0.4, 0.5) is 0 Å². The Hall–Kier alpha value is -1.63. The van der Waals surface area contributed by atoms with Gasteiger partial charge in [0.05, 0.1) is 19.3 Å². The molecule has 1 heterocycles. The van der Waals surface area contributed by atoms with Crippen molar-refractivity contribution < 1.29 is 28.6 Å². The average molecular weight is 287 g/mol. The third-order valence-corrected chi connectivity index (χ3v) is 2.86. The predicted octanol–water partition coefficient (Wildman–Crippen LogP) is 0.165. The third-order valence-electron chi connectivity index (χ3n) is 2.86. The largest absolute Gasteiger partial charge is 0.464 e. The first-order valence-electron chi connectivity index (χ1n) is 6.78. The van der Waals surface area contributed by atoms with Crippen molar-refractivity contribution in [1.29, 1.82) is 0 Å². The summed E-state index contributed by atoms with van der Waals surface area (Å²) >= 11 is 0. The van der Waals surface area contributed by atoms with Gasteiger partial charge in [0.15, 0.2) is 0 Å². The number of amides is 1. The molecule has 0 aromatic heterocycles. The number of hydrogen-bond donors (Lipinski definition) is 1. The summed E-state index contributed by atoms with van der Waals surface area (Å²) < 4.78 is 14.9. The molecule has 1 saturated heterocycles. The van der Waals surface area contributed by atoms with Gasteiger partial charge in [-0.05, 0) is 33.6 Å². The minimum atomic E-state index is -1.44. The van der Waals surface area contributed by atoms with Crippen LogP contribution in [0.1, 0.15) is 33.6 Å². The zero-order chi connectivity index (χ0) is 15.1. The Kier molecular flexibility index (Phi) is 6.44. The van der Waals surface area contributed by atoms with Crippen LogP contribution >= 0.6 is 0 Å². The maximum Gasteiger partial charge on any atom is 0.340 e. The van der Waals surface area contributed by atoms with Crippen LogP contribution in [0.5, 0.6) is 0 Å². The summed E-state index contributed by atoms with van der Waals surface area (Å²) in [5.74, 6) is -2.16. The van der Waals surface area contributed by atoms with Crippen molar-refractivity contribution >= 4 is 17.8 Å². The van der Waals surface area contributed by atoms with Gasteiger partial charge in [-0.3, -0.25) is 4.79 Å². The smallest absolute Gasteiger partial charge is 0.340 e. The van der Waals surface area contributed by atoms with Gasteiger partial charge in [-0.25, -0.2) is 9.59 Å². The highest BCUT2D eigenvalue weighted by molar-refractivity contribution is 6.02. The van der Waals surface area contributed by atoms with E-state index in [0.29, 0.717) is 6.42 Å². The van der Waals surface area contributed by atoms with Crippen LogP contribution in [0.2, 0.25) is 0 Å². The SMILES string of the molecule is CCOC(=O)C(NC(=O)C1CCC(C)O1)C(=O)OCC. The topological polar surface area (TPSA) is 90.9 Å². The van der Waals surface area contributed by atoms with Crippen LogP contribution in [0, 0.1) is 0 Å². The van der Waals surface area contributed by atoms with E-state index in [0.717, 1.165) is 6.42 Å². The van der Waals surface area contributed by atoms with Crippen molar-refractivity contribution in [2.75, 3.05) is 13.2 Å². The number of hydrogen-bond acceptors (Lipinski definition) is 6. The first-order valence-corrected chi connectivity index (χ1v) is 6.78. The van der Waals surface area contributed by atoms with Crippen molar-refractivity contribution in [3.8, 4) is 0 Å². The molecule has 0 radical (unpaired) electrons. The molecule has 0 aliphatic carbocycles. The first-order chi connectivity index (χ1) is 9.49. The molecule has 0 saturated carbocycles. The van der Waals surface area contributed by atoms with Crippen molar-refractivity contribution in [2.24, 2.45) is 0 Å². The molecular formula is C13H21NO6. The molecule has 2 atom stereocenters. The van der Waals surface area contributed by atoms with Crippen molar-refractivity contribution in [3.05, 3.63) is 0 Å². The van der Waals surface area contributed by atoms with Gasteiger partial charge in [-0.2, -0.15) is 0 Å². The molecule has 0 aromatic carbocycles. The molecule has 1 fully saturated rings. The predicted molar refractivity (Wildman–Crippen MR) is 68.8 cm³/mol. The van der Waals surface area contributed by atoms with Crippen molar-refractivity contribution in [2.45, 2.75) is 51.9 Å². The highest BCUT2D eigenvalue weighted by atomic mass is 16.6. The Morgan fingerprint density at radius 3 is 2.10 bits per heavy atom. The normalized spacial score (nSPS) is 21.6. The van der Waals surface area contributed by atoms with Crippen LogP contribution in [0.3, 0.4) is 0 Å². The molecule has 1 amide bonds. The van der Waals surface area contributed by atoms with E-state index in [-0.39, 0.29) is 19.3 Å². The maximum atomic E-state index is 12.0. The van der Waals surface area contributed by atoms with E-state index in [4.69, 9.17) is 14.2 Å². The molecule has 1 aliphatic heterocycles. The molecular weight excluding hydrogens is 266 g/mol. The quantitative estimate of drug-likeness (QED) is 0.553. The van der Waals surface area contributed by atoms with Crippen LogP contribution in [-0.4, -0.2) is 49.3 Å². The molecule has 2 unspecified atom stereocenters. The van der Waals surface area contributed by atoms with E-state index in [1.54, 1.807) is 13.8 Å². The second-order valence-corrected chi connectivity index (χ2v) is 4.46. The van der Waals surface area contributed by atoms with E-state index in [2.05, 4.69) is 5.32 Å². The summed E-state index contributed by atoms with van der Waals surface area (Å²) in [5, 5.41) is 2.34. The van der Waals surface area contributed by atoms with E-state index >= 15 is 0 Å². The summed E-state index contributed by atoms with van der Waals surface area (Å²) in [6, 6.07) is -1.44. The van der Waals surface area contributed by atoms with Crippen molar-refractivity contribution in [3.63, 3.8) is 0 Å². The minimum Gasteiger partial charge on any atom is -0.464 e. The Labute approximate surface area is 117 Å². The number of ether oxygens (including phenoxy) is 3. The Morgan fingerprint density at radius 2 is 1.70 bits per heavy atom. The lowest BCUT2D eigenvalue weighted by Gasteiger charge is -2.18. The minimum absolute atomic E-state index is 0.00520. The Bertz CT molecular complexity index is 352. The number of esters is 2. The van der Waals surface area contributed by atoms with Crippen LogP contribution in [0.15, 0.2) is 0 Å². The van der Waals surface area contributed by atoms with Gasteiger partial charge in [0, 0.05) is 0 Å². The van der Waals surface area contributed by atoms with Gasteiger partial charge in [-0.1, -0.05) is 0 Å². The van der Waals surface area contributed by atoms with Gasteiger partial charge in [0.1, 0.15) is 6.10 Å². The fourth-order valence-electron chi connectivity index (χ4n) is 1.90. The highest BCUT2D eigenvalue weighted by Crippen LogP contribution is 2.19. The summed E-state index contributed by atoms with van der Waals surface area (Å²) in [6.45, 7) is 5.32. The number of nitrogens with one attached hydrogen (secondary N) is 1. The monoisotopic (exact) mass is 287 g/mol. The van der Waals surface area contributed by atoms with Crippen LogP contribution < -0.4 is 5.32 Å². The molecule has 7 heteroatoms. The molecule has 0 bridgehead atoms. The first kappa shape index (κ1) is 16.4. The molecule has 1 N–H and O–H groups in total. The lowest BCUT2D eigenvalue weighted by Crippen LogP contribution is -2.51. The summed E-state index contributed by atoms with van der Waals surface area (Å²) in [5.41, 5.74) is 0. The van der Waals surface area contributed by atoms with E-state index < -0.39 is 30.0 Å². The van der Waals surface area contributed by atoms with Gasteiger partial charge < -0.3 is 19.5 Å². The fraction of sp³-hybridized carbons (Fsp3) is 0.769. The van der Waals surface area contributed by atoms with Gasteiger partial charge in [0.2, 0.25) is 11.9 Å². The summed E-state index contributed by atoms with van der Waals surface area (Å²) in [6.07, 6.45) is 0.679. The number of rotatable bonds is 6. The molecule has 1 aliphatic rings. The summed E-state index contributed by atoms with van der Waals surface area (Å²) in [7, 11) is 0. The third kappa shape index (κ3) is 4.48. The van der Waals surface area contributed by atoms with Crippen molar-refractivity contribution in [1.82, 2.24) is 5.32 Å².